The van der Waals surface area contributed by atoms with E-state index in [0.717, 1.165) is 30.0 Å². The zero-order valence-corrected chi connectivity index (χ0v) is 16.2. The van der Waals surface area contributed by atoms with Gasteiger partial charge in [0.25, 0.3) is 0 Å². The maximum Gasteiger partial charge on any atom is 0.234 e. The highest BCUT2D eigenvalue weighted by Crippen LogP contribution is 2.26. The fraction of sp³-hybridized carbons (Fsp3) is 0.409. The monoisotopic (exact) mass is 367 g/mol. The van der Waals surface area contributed by atoms with Crippen LogP contribution >= 0.6 is 0 Å². The molecule has 2 atom stereocenters. The van der Waals surface area contributed by atoms with Crippen molar-refractivity contribution in [2.24, 2.45) is 5.73 Å². The van der Waals surface area contributed by atoms with E-state index < -0.39 is 0 Å². The van der Waals surface area contributed by atoms with E-state index in [2.05, 4.69) is 22.3 Å². The van der Waals surface area contributed by atoms with Crippen LogP contribution in [-0.4, -0.2) is 49.6 Å². The second-order valence-corrected chi connectivity index (χ2v) is 7.29. The van der Waals surface area contributed by atoms with Crippen molar-refractivity contribution in [1.82, 2.24) is 10.2 Å². The molecule has 0 bridgehead atoms. The number of carbonyl (C=O) groups is 1. The molecule has 0 aliphatic carbocycles. The smallest absolute Gasteiger partial charge is 0.234 e. The normalized spacial score (nSPS) is 19.8. The number of aryl methyl sites for hydroxylation is 2. The fourth-order valence-corrected chi connectivity index (χ4v) is 3.72. The third-order valence-corrected chi connectivity index (χ3v) is 5.12. The zero-order valence-electron chi connectivity index (χ0n) is 16.2. The highest BCUT2D eigenvalue weighted by atomic mass is 16.5. The van der Waals surface area contributed by atoms with Crippen LogP contribution in [0.5, 0.6) is 5.75 Å². The first-order valence-corrected chi connectivity index (χ1v) is 9.53. The molecule has 1 fully saturated rings. The van der Waals surface area contributed by atoms with E-state index in [1.54, 1.807) is 0 Å². The van der Waals surface area contributed by atoms with Crippen LogP contribution in [0.15, 0.2) is 48.5 Å². The lowest BCUT2D eigenvalue weighted by atomic mass is 9.95. The molecule has 1 aliphatic heterocycles. The summed E-state index contributed by atoms with van der Waals surface area (Å²) >= 11 is 0. The Bertz CT molecular complexity index is 743. The Morgan fingerprint density at radius 3 is 2.52 bits per heavy atom. The summed E-state index contributed by atoms with van der Waals surface area (Å²) in [7, 11) is 0. The van der Waals surface area contributed by atoms with Gasteiger partial charge in [-0.1, -0.05) is 48.5 Å². The maximum absolute atomic E-state index is 12.2. The molecular formula is C22H29N3O2. The number of benzene rings is 2. The van der Waals surface area contributed by atoms with Crippen molar-refractivity contribution in [2.45, 2.75) is 25.8 Å². The zero-order chi connectivity index (χ0) is 19.2. The van der Waals surface area contributed by atoms with Gasteiger partial charge in [0, 0.05) is 25.0 Å². The van der Waals surface area contributed by atoms with E-state index in [9.17, 15) is 4.79 Å². The molecular weight excluding hydrogens is 338 g/mol. The summed E-state index contributed by atoms with van der Waals surface area (Å²) in [5.41, 5.74) is 9.76. The first-order chi connectivity index (χ1) is 13.0. The molecule has 1 aliphatic rings. The first-order valence-electron chi connectivity index (χ1n) is 9.53. The van der Waals surface area contributed by atoms with Gasteiger partial charge in [-0.2, -0.15) is 0 Å². The highest BCUT2D eigenvalue weighted by Gasteiger charge is 2.31. The van der Waals surface area contributed by atoms with Gasteiger partial charge in [0.15, 0.2) is 0 Å². The van der Waals surface area contributed by atoms with Crippen LogP contribution < -0.4 is 15.8 Å². The van der Waals surface area contributed by atoms with E-state index >= 15 is 0 Å². The number of hydrogen-bond donors (Lipinski definition) is 2. The molecule has 3 N–H and O–H groups in total. The number of carbonyl (C=O) groups excluding carboxylic acids is 1. The third-order valence-electron chi connectivity index (χ3n) is 5.12. The number of rotatable bonds is 7. The van der Waals surface area contributed by atoms with Gasteiger partial charge in [0.05, 0.1) is 13.1 Å². The molecule has 0 spiro atoms. The molecule has 0 unspecified atom stereocenters. The quantitative estimate of drug-likeness (QED) is 0.737. The van der Waals surface area contributed by atoms with Crippen molar-refractivity contribution in [3.8, 4) is 5.75 Å². The Kier molecular flexibility index (Phi) is 6.48. The first kappa shape index (κ1) is 19.4. The molecule has 5 heteroatoms. The van der Waals surface area contributed by atoms with E-state index in [1.165, 1.54) is 5.56 Å². The Morgan fingerprint density at radius 1 is 1.11 bits per heavy atom. The summed E-state index contributed by atoms with van der Waals surface area (Å²) in [5, 5.41) is 2.94. The molecule has 2 aromatic rings. The lowest BCUT2D eigenvalue weighted by molar-refractivity contribution is -0.122. The number of para-hydroxylation sites is 1. The van der Waals surface area contributed by atoms with Crippen LogP contribution in [0.3, 0.4) is 0 Å². The molecule has 0 aromatic heterocycles. The molecule has 1 saturated heterocycles. The molecule has 5 nitrogen and oxygen atoms in total. The molecule has 3 rings (SSSR count). The summed E-state index contributed by atoms with van der Waals surface area (Å²) < 4.78 is 5.83. The average molecular weight is 367 g/mol. The summed E-state index contributed by atoms with van der Waals surface area (Å²) in [6.45, 7) is 6.95. The van der Waals surface area contributed by atoms with Crippen molar-refractivity contribution in [3.63, 3.8) is 0 Å². The van der Waals surface area contributed by atoms with Gasteiger partial charge < -0.3 is 15.8 Å². The lowest BCUT2D eigenvalue weighted by Gasteiger charge is -2.16. The van der Waals surface area contributed by atoms with E-state index in [1.807, 2.05) is 50.2 Å². The number of nitrogens with zero attached hydrogens (tertiary/aromatic N) is 1. The maximum atomic E-state index is 12.2. The Labute approximate surface area is 161 Å². The minimum absolute atomic E-state index is 0.0148. The van der Waals surface area contributed by atoms with E-state index in [0.29, 0.717) is 19.7 Å². The van der Waals surface area contributed by atoms with Gasteiger partial charge in [-0.15, -0.1) is 0 Å². The topological polar surface area (TPSA) is 67.6 Å². The van der Waals surface area contributed by atoms with Crippen LogP contribution in [0, 0.1) is 13.8 Å². The number of likely N-dealkylation sites (tertiary alicyclic amines) is 1. The molecule has 0 saturated carbocycles. The molecule has 0 radical (unpaired) electrons. The van der Waals surface area contributed by atoms with Crippen molar-refractivity contribution in [3.05, 3.63) is 65.2 Å². The van der Waals surface area contributed by atoms with Crippen LogP contribution in [0.4, 0.5) is 0 Å². The number of nitrogens with one attached hydrogen (secondary N) is 1. The van der Waals surface area contributed by atoms with Gasteiger partial charge in [0.1, 0.15) is 12.4 Å². The largest absolute Gasteiger partial charge is 0.491 e. The molecule has 1 amide bonds. The van der Waals surface area contributed by atoms with Gasteiger partial charge >= 0.3 is 0 Å². The predicted octanol–water partition coefficient (Wildman–Crippen LogP) is 2.23. The van der Waals surface area contributed by atoms with Crippen LogP contribution in [0.25, 0.3) is 0 Å². The van der Waals surface area contributed by atoms with Crippen LogP contribution in [0.2, 0.25) is 0 Å². The van der Waals surface area contributed by atoms with Gasteiger partial charge in [-0.3, -0.25) is 9.69 Å². The number of hydrogen-bond acceptors (Lipinski definition) is 4. The van der Waals surface area contributed by atoms with Gasteiger partial charge in [-0.25, -0.2) is 0 Å². The number of amides is 1. The fourth-order valence-electron chi connectivity index (χ4n) is 3.72. The molecule has 2 aromatic carbocycles. The van der Waals surface area contributed by atoms with Gasteiger partial charge in [0.2, 0.25) is 5.91 Å². The van der Waals surface area contributed by atoms with Crippen molar-refractivity contribution in [1.29, 1.82) is 0 Å². The Hall–Kier alpha value is -2.37. The molecule has 144 valence electrons. The lowest BCUT2D eigenvalue weighted by Crippen LogP contribution is -2.38. The van der Waals surface area contributed by atoms with Gasteiger partial charge in [-0.05, 0) is 30.5 Å². The highest BCUT2D eigenvalue weighted by molar-refractivity contribution is 5.78. The third kappa shape index (κ3) is 5.08. The standard InChI is InChI=1S/C22H29N3O2/c1-16-7-6-8-17(2)22(16)27-12-11-24-21(26)15-25-13-19(20(23)14-25)18-9-4-3-5-10-18/h3-10,19-20H,11-15,23H2,1-2H3,(H,24,26)/t19-,20+/m0/s1. The average Bonchev–Trinajstić information content (AvgIpc) is 3.01. The van der Waals surface area contributed by atoms with E-state index in [-0.39, 0.29) is 17.9 Å². The predicted molar refractivity (Wildman–Crippen MR) is 108 cm³/mol. The van der Waals surface area contributed by atoms with Crippen molar-refractivity contribution >= 4 is 5.91 Å². The molecule has 1 heterocycles. The van der Waals surface area contributed by atoms with Crippen molar-refractivity contribution < 1.29 is 9.53 Å². The van der Waals surface area contributed by atoms with Crippen LogP contribution in [0.1, 0.15) is 22.6 Å². The summed E-state index contributed by atoms with van der Waals surface area (Å²) in [6, 6.07) is 16.4. The Balaban J connectivity index is 1.41. The molecule has 27 heavy (non-hydrogen) atoms. The summed E-state index contributed by atoms with van der Waals surface area (Å²) in [4.78, 5) is 14.4. The second-order valence-electron chi connectivity index (χ2n) is 7.29. The minimum Gasteiger partial charge on any atom is -0.491 e. The van der Waals surface area contributed by atoms with Crippen molar-refractivity contribution in [2.75, 3.05) is 32.8 Å². The van der Waals surface area contributed by atoms with E-state index in [4.69, 9.17) is 10.5 Å². The Morgan fingerprint density at radius 2 is 1.81 bits per heavy atom. The second kappa shape index (κ2) is 9.02. The summed E-state index contributed by atoms with van der Waals surface area (Å²) in [6.07, 6.45) is 0. The summed E-state index contributed by atoms with van der Waals surface area (Å²) in [5.74, 6) is 1.20. The minimum atomic E-state index is 0.0148. The number of ether oxygens (including phenoxy) is 1. The SMILES string of the molecule is Cc1cccc(C)c1OCCNC(=O)CN1C[C@@H](N)[C@H](c2ccccc2)C1. The van der Waals surface area contributed by atoms with Crippen LogP contribution in [-0.2, 0) is 4.79 Å². The number of nitrogens with two attached hydrogens (primary N) is 1.